The maximum Gasteiger partial charge on any atom is 0.0695 e. The molecule has 2 rings (SSSR count). The van der Waals surface area contributed by atoms with Crippen LogP contribution in [0.2, 0.25) is 0 Å². The average Bonchev–Trinajstić information content (AvgIpc) is 2.26. The Morgan fingerprint density at radius 1 is 1.12 bits per heavy atom. The van der Waals surface area contributed by atoms with E-state index in [0.29, 0.717) is 12.1 Å². The van der Waals surface area contributed by atoms with Gasteiger partial charge in [-0.25, -0.2) is 0 Å². The fourth-order valence-corrected chi connectivity index (χ4v) is 3.06. The Morgan fingerprint density at radius 3 is 2.62 bits per heavy atom. The Morgan fingerprint density at radius 2 is 1.88 bits per heavy atom. The fraction of sp³-hybridized carbons (Fsp3) is 1.00. The number of nitrogens with zero attached hydrogens (tertiary/aromatic N) is 1. The summed E-state index contributed by atoms with van der Waals surface area (Å²) in [5, 5.41) is 10.3. The molecule has 3 nitrogen and oxygen atoms in total. The van der Waals surface area contributed by atoms with Gasteiger partial charge in [-0.15, -0.1) is 0 Å². The second-order valence-corrected chi connectivity index (χ2v) is 5.29. The van der Waals surface area contributed by atoms with Crippen molar-refractivity contribution in [2.24, 2.45) is 0 Å². The van der Waals surface area contributed by atoms with Gasteiger partial charge in [-0.3, -0.25) is 4.90 Å². The number of rotatable bonds is 1. The van der Waals surface area contributed by atoms with Gasteiger partial charge in [-0.2, -0.15) is 0 Å². The van der Waals surface area contributed by atoms with E-state index in [1.54, 1.807) is 0 Å². The third kappa shape index (κ3) is 2.96. The van der Waals surface area contributed by atoms with E-state index in [2.05, 4.69) is 11.8 Å². The lowest BCUT2D eigenvalue weighted by Crippen LogP contribution is -2.53. The zero-order valence-corrected chi connectivity index (χ0v) is 10.4. The van der Waals surface area contributed by atoms with Crippen LogP contribution in [0.1, 0.15) is 45.4 Å². The predicted octanol–water partition coefficient (Wildman–Crippen LogP) is 1.79. The number of ether oxygens (including phenoxy) is 1. The van der Waals surface area contributed by atoms with Crippen molar-refractivity contribution in [3.8, 4) is 0 Å². The second kappa shape index (κ2) is 5.99. The third-order valence-electron chi connectivity index (χ3n) is 4.04. The number of hydrogen-bond acceptors (Lipinski definition) is 3. The van der Waals surface area contributed by atoms with Gasteiger partial charge in [-0.05, 0) is 19.8 Å². The topological polar surface area (TPSA) is 32.7 Å². The van der Waals surface area contributed by atoms with Crippen molar-refractivity contribution in [2.45, 2.75) is 63.6 Å². The van der Waals surface area contributed by atoms with Crippen molar-refractivity contribution >= 4 is 0 Å². The van der Waals surface area contributed by atoms with E-state index >= 15 is 0 Å². The second-order valence-electron chi connectivity index (χ2n) is 5.29. The number of morpholine rings is 1. The van der Waals surface area contributed by atoms with Gasteiger partial charge in [0.2, 0.25) is 0 Å². The molecule has 1 aliphatic carbocycles. The Kier molecular flexibility index (Phi) is 4.62. The van der Waals surface area contributed by atoms with E-state index in [1.165, 1.54) is 25.7 Å². The minimum atomic E-state index is -0.124. The molecule has 0 bridgehead atoms. The first kappa shape index (κ1) is 12.3. The van der Waals surface area contributed by atoms with E-state index in [4.69, 9.17) is 4.74 Å². The Bertz CT molecular complexity index is 210. The van der Waals surface area contributed by atoms with Crippen LogP contribution in [-0.2, 0) is 4.74 Å². The van der Waals surface area contributed by atoms with Crippen molar-refractivity contribution < 1.29 is 9.84 Å². The van der Waals surface area contributed by atoms with E-state index in [9.17, 15) is 5.11 Å². The molecule has 0 radical (unpaired) electrons. The summed E-state index contributed by atoms with van der Waals surface area (Å²) in [6, 6.07) is 0.840. The maximum atomic E-state index is 10.3. The summed E-state index contributed by atoms with van der Waals surface area (Å²) in [7, 11) is 0. The van der Waals surface area contributed by atoms with Gasteiger partial charge >= 0.3 is 0 Å². The summed E-state index contributed by atoms with van der Waals surface area (Å²) in [5.41, 5.74) is 0. The van der Waals surface area contributed by atoms with Crippen LogP contribution in [0.4, 0.5) is 0 Å². The minimum Gasteiger partial charge on any atom is -0.391 e. The highest BCUT2D eigenvalue weighted by atomic mass is 16.5. The van der Waals surface area contributed by atoms with E-state index < -0.39 is 0 Å². The van der Waals surface area contributed by atoms with E-state index in [0.717, 1.165) is 32.6 Å². The first-order valence-corrected chi connectivity index (χ1v) is 6.80. The molecular formula is C13H25NO2. The van der Waals surface area contributed by atoms with Crippen molar-refractivity contribution in [1.82, 2.24) is 4.90 Å². The number of hydrogen-bond donors (Lipinski definition) is 1. The molecule has 1 saturated carbocycles. The molecule has 1 aliphatic heterocycles. The summed E-state index contributed by atoms with van der Waals surface area (Å²) in [4.78, 5) is 2.47. The van der Waals surface area contributed by atoms with Crippen LogP contribution in [0.3, 0.4) is 0 Å². The monoisotopic (exact) mass is 227 g/mol. The molecule has 2 fully saturated rings. The highest BCUT2D eigenvalue weighted by Gasteiger charge is 2.31. The van der Waals surface area contributed by atoms with Crippen molar-refractivity contribution in [1.29, 1.82) is 0 Å². The van der Waals surface area contributed by atoms with Crippen LogP contribution in [-0.4, -0.2) is 48.0 Å². The molecule has 2 aliphatic rings. The lowest BCUT2D eigenvalue weighted by molar-refractivity contribution is -0.0596. The highest BCUT2D eigenvalue weighted by molar-refractivity contribution is 4.85. The lowest BCUT2D eigenvalue weighted by Gasteiger charge is -2.42. The van der Waals surface area contributed by atoms with Crippen LogP contribution in [0, 0.1) is 0 Å². The molecule has 1 N–H and O–H groups in total. The Labute approximate surface area is 98.8 Å². The summed E-state index contributed by atoms with van der Waals surface area (Å²) in [6.07, 6.45) is 7.10. The summed E-state index contributed by atoms with van der Waals surface area (Å²) in [5.74, 6) is 0. The summed E-state index contributed by atoms with van der Waals surface area (Å²) in [6.45, 7) is 4.85. The highest BCUT2D eigenvalue weighted by Crippen LogP contribution is 2.24. The van der Waals surface area contributed by atoms with Crippen LogP contribution >= 0.6 is 0 Å². The minimum absolute atomic E-state index is 0.124. The fourth-order valence-electron chi connectivity index (χ4n) is 3.06. The molecule has 3 heteroatoms. The summed E-state index contributed by atoms with van der Waals surface area (Å²) < 4.78 is 5.47. The molecule has 0 spiro atoms. The zero-order valence-electron chi connectivity index (χ0n) is 10.4. The lowest BCUT2D eigenvalue weighted by atomic mass is 9.92. The molecular weight excluding hydrogens is 202 g/mol. The first-order valence-electron chi connectivity index (χ1n) is 6.80. The standard InChI is InChI=1S/C13H25NO2/c1-11-10-16-9-8-14(11)12-6-4-2-3-5-7-13(12)15/h11-13,15H,2-10H2,1H3. The average molecular weight is 227 g/mol. The van der Waals surface area contributed by atoms with Crippen LogP contribution in [0.25, 0.3) is 0 Å². The predicted molar refractivity (Wildman–Crippen MR) is 64.5 cm³/mol. The van der Waals surface area contributed by atoms with Crippen molar-refractivity contribution in [2.75, 3.05) is 19.8 Å². The van der Waals surface area contributed by atoms with Gasteiger partial charge in [0.15, 0.2) is 0 Å². The first-order chi connectivity index (χ1) is 7.79. The van der Waals surface area contributed by atoms with E-state index in [-0.39, 0.29) is 6.10 Å². The van der Waals surface area contributed by atoms with Gasteiger partial charge in [0.05, 0.1) is 19.3 Å². The van der Waals surface area contributed by atoms with Crippen molar-refractivity contribution in [3.05, 3.63) is 0 Å². The van der Waals surface area contributed by atoms with Gasteiger partial charge < -0.3 is 9.84 Å². The van der Waals surface area contributed by atoms with E-state index in [1.807, 2.05) is 0 Å². The maximum absolute atomic E-state index is 10.3. The Balaban J connectivity index is 1.97. The van der Waals surface area contributed by atoms with Crippen LogP contribution in [0.15, 0.2) is 0 Å². The molecule has 1 saturated heterocycles. The molecule has 0 aromatic rings. The third-order valence-corrected chi connectivity index (χ3v) is 4.04. The quantitative estimate of drug-likeness (QED) is 0.741. The molecule has 16 heavy (non-hydrogen) atoms. The molecule has 94 valence electrons. The number of aliphatic hydroxyl groups excluding tert-OH is 1. The Hall–Kier alpha value is -0.120. The molecule has 0 aromatic carbocycles. The van der Waals surface area contributed by atoms with Crippen LogP contribution < -0.4 is 0 Å². The van der Waals surface area contributed by atoms with Crippen molar-refractivity contribution in [3.63, 3.8) is 0 Å². The zero-order chi connectivity index (χ0) is 11.4. The van der Waals surface area contributed by atoms with Gasteiger partial charge in [0.25, 0.3) is 0 Å². The smallest absolute Gasteiger partial charge is 0.0695 e. The SMILES string of the molecule is CC1COCCN1C1CCCCCCC1O. The summed E-state index contributed by atoms with van der Waals surface area (Å²) >= 11 is 0. The largest absolute Gasteiger partial charge is 0.391 e. The van der Waals surface area contributed by atoms with Gasteiger partial charge in [-0.1, -0.05) is 25.7 Å². The molecule has 3 unspecified atom stereocenters. The van der Waals surface area contributed by atoms with Gasteiger partial charge in [0, 0.05) is 18.6 Å². The molecule has 1 heterocycles. The number of aliphatic hydroxyl groups is 1. The molecule has 0 aromatic heterocycles. The molecule has 3 atom stereocenters. The molecule has 0 amide bonds. The normalized spacial score (nSPS) is 39.0. The van der Waals surface area contributed by atoms with Crippen LogP contribution in [0.5, 0.6) is 0 Å². The van der Waals surface area contributed by atoms with Gasteiger partial charge in [0.1, 0.15) is 0 Å².